The lowest BCUT2D eigenvalue weighted by Gasteiger charge is -2.25. The Morgan fingerprint density at radius 1 is 1.41 bits per heavy atom. The standard InChI is InChI=1S/C13H17BrFNO/c1-13(2,7-8-14)16-12(17)9-10-5-3-4-6-11(10)15/h3-6H,7-9H2,1-2H3,(H,16,17). The Bertz CT molecular complexity index is 393. The molecular formula is C13H17BrFNO. The summed E-state index contributed by atoms with van der Waals surface area (Å²) in [7, 11) is 0. The number of halogens is 2. The molecule has 0 saturated carbocycles. The van der Waals surface area contributed by atoms with Gasteiger partial charge in [0.1, 0.15) is 5.82 Å². The van der Waals surface area contributed by atoms with Crippen molar-refractivity contribution in [2.24, 2.45) is 0 Å². The predicted octanol–water partition coefficient (Wildman–Crippen LogP) is 3.05. The maximum atomic E-state index is 13.3. The third-order valence-electron chi connectivity index (χ3n) is 2.51. The molecule has 94 valence electrons. The largest absolute Gasteiger partial charge is 0.351 e. The molecule has 1 aromatic carbocycles. The minimum atomic E-state index is -0.332. The summed E-state index contributed by atoms with van der Waals surface area (Å²) < 4.78 is 13.3. The van der Waals surface area contributed by atoms with Crippen LogP contribution in [0.25, 0.3) is 0 Å². The van der Waals surface area contributed by atoms with Crippen LogP contribution >= 0.6 is 15.9 Å². The lowest BCUT2D eigenvalue weighted by atomic mass is 10.0. The Kier molecular flexibility index (Phi) is 5.12. The third-order valence-corrected chi connectivity index (χ3v) is 2.90. The van der Waals surface area contributed by atoms with Gasteiger partial charge >= 0.3 is 0 Å². The normalized spacial score (nSPS) is 11.3. The Morgan fingerprint density at radius 3 is 2.65 bits per heavy atom. The van der Waals surface area contributed by atoms with Crippen molar-refractivity contribution in [1.29, 1.82) is 0 Å². The van der Waals surface area contributed by atoms with E-state index in [4.69, 9.17) is 0 Å². The van der Waals surface area contributed by atoms with Crippen molar-refractivity contribution < 1.29 is 9.18 Å². The van der Waals surface area contributed by atoms with E-state index in [-0.39, 0.29) is 23.7 Å². The van der Waals surface area contributed by atoms with E-state index in [1.807, 2.05) is 13.8 Å². The van der Waals surface area contributed by atoms with Gasteiger partial charge in [0.05, 0.1) is 6.42 Å². The van der Waals surface area contributed by atoms with Gasteiger partial charge in [0.15, 0.2) is 0 Å². The zero-order chi connectivity index (χ0) is 12.9. The summed E-state index contributed by atoms with van der Waals surface area (Å²) >= 11 is 3.34. The van der Waals surface area contributed by atoms with E-state index in [9.17, 15) is 9.18 Å². The second kappa shape index (κ2) is 6.15. The van der Waals surface area contributed by atoms with Crippen molar-refractivity contribution in [1.82, 2.24) is 5.32 Å². The van der Waals surface area contributed by atoms with Crippen LogP contribution in [0.2, 0.25) is 0 Å². The minimum Gasteiger partial charge on any atom is -0.351 e. The van der Waals surface area contributed by atoms with E-state index in [0.717, 1.165) is 11.8 Å². The maximum Gasteiger partial charge on any atom is 0.224 e. The van der Waals surface area contributed by atoms with Crippen molar-refractivity contribution in [2.45, 2.75) is 32.2 Å². The van der Waals surface area contributed by atoms with E-state index >= 15 is 0 Å². The summed E-state index contributed by atoms with van der Waals surface area (Å²) in [5.41, 5.74) is 0.158. The second-order valence-corrected chi connectivity index (χ2v) is 5.43. The van der Waals surface area contributed by atoms with E-state index in [1.54, 1.807) is 18.2 Å². The molecule has 0 saturated heterocycles. The molecule has 0 bridgehead atoms. The van der Waals surface area contributed by atoms with Crippen LogP contribution in [0, 0.1) is 5.82 Å². The van der Waals surface area contributed by atoms with Gasteiger partial charge in [-0.2, -0.15) is 0 Å². The second-order valence-electron chi connectivity index (χ2n) is 4.64. The smallest absolute Gasteiger partial charge is 0.224 e. The predicted molar refractivity (Wildman–Crippen MR) is 70.7 cm³/mol. The van der Waals surface area contributed by atoms with Crippen molar-refractivity contribution in [2.75, 3.05) is 5.33 Å². The van der Waals surface area contributed by atoms with Gasteiger partial charge in [0.25, 0.3) is 0 Å². The Labute approximate surface area is 110 Å². The van der Waals surface area contributed by atoms with Crippen LogP contribution in [-0.4, -0.2) is 16.8 Å². The molecule has 4 heteroatoms. The highest BCUT2D eigenvalue weighted by Crippen LogP contribution is 2.12. The van der Waals surface area contributed by atoms with Gasteiger partial charge in [0, 0.05) is 10.9 Å². The van der Waals surface area contributed by atoms with Gasteiger partial charge in [0.2, 0.25) is 5.91 Å². The number of nitrogens with one attached hydrogen (secondary N) is 1. The number of carbonyl (C=O) groups excluding carboxylic acids is 1. The highest BCUT2D eigenvalue weighted by molar-refractivity contribution is 9.09. The topological polar surface area (TPSA) is 29.1 Å². The van der Waals surface area contributed by atoms with Gasteiger partial charge in [-0.15, -0.1) is 0 Å². The van der Waals surface area contributed by atoms with Gasteiger partial charge in [-0.05, 0) is 31.9 Å². The van der Waals surface area contributed by atoms with Crippen molar-refractivity contribution in [3.8, 4) is 0 Å². The lowest BCUT2D eigenvalue weighted by molar-refractivity contribution is -0.122. The van der Waals surface area contributed by atoms with Gasteiger partial charge in [-0.1, -0.05) is 34.1 Å². The van der Waals surface area contributed by atoms with Crippen LogP contribution in [0.5, 0.6) is 0 Å². The van der Waals surface area contributed by atoms with Crippen LogP contribution in [0.3, 0.4) is 0 Å². The number of alkyl halides is 1. The first-order valence-electron chi connectivity index (χ1n) is 5.55. The molecule has 1 rings (SSSR count). The third kappa shape index (κ3) is 4.86. The monoisotopic (exact) mass is 301 g/mol. The van der Waals surface area contributed by atoms with Crippen LogP contribution < -0.4 is 5.32 Å². The number of benzene rings is 1. The number of hydrogen-bond donors (Lipinski definition) is 1. The summed E-state index contributed by atoms with van der Waals surface area (Å²) in [6.45, 7) is 3.90. The molecule has 0 aromatic heterocycles. The van der Waals surface area contributed by atoms with E-state index in [2.05, 4.69) is 21.2 Å². The Morgan fingerprint density at radius 2 is 2.06 bits per heavy atom. The quantitative estimate of drug-likeness (QED) is 0.832. The molecule has 2 nitrogen and oxygen atoms in total. The summed E-state index contributed by atoms with van der Waals surface area (Å²) in [4.78, 5) is 11.8. The van der Waals surface area contributed by atoms with Crippen LogP contribution in [-0.2, 0) is 11.2 Å². The number of hydrogen-bond acceptors (Lipinski definition) is 1. The molecule has 0 aliphatic rings. The SMILES string of the molecule is CC(C)(CCBr)NC(=O)Cc1ccccc1F. The van der Waals surface area contributed by atoms with Gasteiger partial charge in [-0.25, -0.2) is 4.39 Å². The van der Waals surface area contributed by atoms with E-state index < -0.39 is 0 Å². The average Bonchev–Trinajstić information content (AvgIpc) is 2.20. The minimum absolute atomic E-state index is 0.0817. The van der Waals surface area contributed by atoms with E-state index in [0.29, 0.717) is 5.56 Å². The van der Waals surface area contributed by atoms with Crippen LogP contribution in [0.15, 0.2) is 24.3 Å². The first-order valence-corrected chi connectivity index (χ1v) is 6.67. The number of amides is 1. The summed E-state index contributed by atoms with van der Waals surface area (Å²) in [6, 6.07) is 6.35. The van der Waals surface area contributed by atoms with E-state index in [1.165, 1.54) is 6.07 Å². The molecule has 0 spiro atoms. The molecule has 0 aliphatic heterocycles. The van der Waals surface area contributed by atoms with Crippen LogP contribution in [0.1, 0.15) is 25.8 Å². The molecule has 0 aliphatic carbocycles. The fourth-order valence-corrected chi connectivity index (χ4v) is 2.53. The molecular weight excluding hydrogens is 285 g/mol. The zero-order valence-electron chi connectivity index (χ0n) is 10.1. The Hall–Kier alpha value is -0.900. The molecule has 1 amide bonds. The van der Waals surface area contributed by atoms with Gasteiger partial charge < -0.3 is 5.32 Å². The molecule has 1 aromatic rings. The molecule has 0 unspecified atom stereocenters. The average molecular weight is 302 g/mol. The molecule has 1 N–H and O–H groups in total. The van der Waals surface area contributed by atoms with Gasteiger partial charge in [-0.3, -0.25) is 4.79 Å². The molecule has 0 atom stereocenters. The first kappa shape index (κ1) is 14.2. The molecule has 0 fully saturated rings. The Balaban J connectivity index is 2.59. The highest BCUT2D eigenvalue weighted by Gasteiger charge is 2.19. The van der Waals surface area contributed by atoms with Crippen LogP contribution in [0.4, 0.5) is 4.39 Å². The summed E-state index contributed by atoms with van der Waals surface area (Å²) in [5, 5.41) is 3.72. The van der Waals surface area contributed by atoms with Crippen molar-refractivity contribution in [3.05, 3.63) is 35.6 Å². The highest BCUT2D eigenvalue weighted by atomic mass is 79.9. The molecule has 0 heterocycles. The zero-order valence-corrected chi connectivity index (χ0v) is 11.7. The lowest BCUT2D eigenvalue weighted by Crippen LogP contribution is -2.44. The fraction of sp³-hybridized carbons (Fsp3) is 0.462. The first-order chi connectivity index (χ1) is 7.94. The fourth-order valence-electron chi connectivity index (χ4n) is 1.54. The molecule has 17 heavy (non-hydrogen) atoms. The van der Waals surface area contributed by atoms with Crippen molar-refractivity contribution in [3.63, 3.8) is 0 Å². The van der Waals surface area contributed by atoms with Crippen molar-refractivity contribution >= 4 is 21.8 Å². The summed E-state index contributed by atoms with van der Waals surface area (Å²) in [5.74, 6) is -0.484. The molecule has 0 radical (unpaired) electrons. The number of carbonyl (C=O) groups is 1. The number of rotatable bonds is 5. The maximum absolute atomic E-state index is 13.3. The summed E-state index contributed by atoms with van der Waals surface area (Å²) in [6.07, 6.45) is 0.911.